The van der Waals surface area contributed by atoms with Crippen molar-refractivity contribution in [1.29, 1.82) is 0 Å². The van der Waals surface area contributed by atoms with E-state index in [2.05, 4.69) is 56.0 Å². The molecule has 0 nitrogen and oxygen atoms in total. The van der Waals surface area contributed by atoms with Crippen LogP contribution in [0.2, 0.25) is 0 Å². The van der Waals surface area contributed by atoms with Crippen LogP contribution in [0.25, 0.3) is 6.08 Å². The molecule has 29 heavy (non-hydrogen) atoms. The van der Waals surface area contributed by atoms with Gasteiger partial charge in [-0.1, -0.05) is 75.3 Å². The summed E-state index contributed by atoms with van der Waals surface area (Å²) in [7, 11) is 0. The highest BCUT2D eigenvalue weighted by Gasteiger charge is 2.21. The van der Waals surface area contributed by atoms with Crippen molar-refractivity contribution >= 4 is 6.08 Å². The number of hydrogen-bond donors (Lipinski definition) is 0. The van der Waals surface area contributed by atoms with Crippen LogP contribution >= 0.6 is 0 Å². The van der Waals surface area contributed by atoms with Crippen LogP contribution in [0.1, 0.15) is 93.4 Å². The molecule has 1 heteroatoms. The highest BCUT2D eigenvalue weighted by atomic mass is 19.1. The molecule has 1 fully saturated rings. The molecule has 0 radical (unpaired) electrons. The molecule has 0 N–H and O–H groups in total. The van der Waals surface area contributed by atoms with Crippen LogP contribution in [0.15, 0.2) is 48.5 Å². The predicted molar refractivity (Wildman–Crippen MR) is 122 cm³/mol. The first kappa shape index (κ1) is 21.4. The van der Waals surface area contributed by atoms with Crippen molar-refractivity contribution in [2.75, 3.05) is 0 Å². The summed E-state index contributed by atoms with van der Waals surface area (Å²) in [6.07, 6.45) is 14.2. The third kappa shape index (κ3) is 6.33. The molecule has 2 aromatic rings. The van der Waals surface area contributed by atoms with Gasteiger partial charge in [-0.3, -0.25) is 0 Å². The summed E-state index contributed by atoms with van der Waals surface area (Å²) in [6, 6.07) is 13.9. The van der Waals surface area contributed by atoms with E-state index in [1.165, 1.54) is 44.1 Å². The van der Waals surface area contributed by atoms with Gasteiger partial charge in [0.2, 0.25) is 0 Å². The number of benzene rings is 2. The van der Waals surface area contributed by atoms with Crippen LogP contribution in [0.3, 0.4) is 0 Å². The van der Waals surface area contributed by atoms with Gasteiger partial charge < -0.3 is 0 Å². The normalized spacial score (nSPS) is 19.1. The predicted octanol–water partition coefficient (Wildman–Crippen LogP) is 8.11. The first-order valence-electron chi connectivity index (χ1n) is 11.3. The van der Waals surface area contributed by atoms with Crippen molar-refractivity contribution < 1.29 is 4.39 Å². The van der Waals surface area contributed by atoms with Crippen molar-refractivity contribution in [3.8, 4) is 11.8 Å². The van der Waals surface area contributed by atoms with Gasteiger partial charge in [0.25, 0.3) is 0 Å². The van der Waals surface area contributed by atoms with Gasteiger partial charge in [-0.2, -0.15) is 0 Å². The molecule has 0 heterocycles. The average molecular weight is 389 g/mol. The first-order chi connectivity index (χ1) is 14.2. The SMILES string of the molecule is CCC/C=C/c1ccc(C#Cc2ccc(C3CCC(CCC)CC3)cc2)c(F)c1. The molecule has 2 aromatic carbocycles. The Morgan fingerprint density at radius 3 is 2.34 bits per heavy atom. The molecule has 0 saturated heterocycles. The van der Waals surface area contributed by atoms with Crippen molar-refractivity contribution in [3.05, 3.63) is 76.6 Å². The van der Waals surface area contributed by atoms with Crippen molar-refractivity contribution in [3.63, 3.8) is 0 Å². The fraction of sp³-hybridized carbons (Fsp3) is 0.429. The summed E-state index contributed by atoms with van der Waals surface area (Å²) in [5.41, 5.74) is 3.72. The van der Waals surface area contributed by atoms with Crippen LogP contribution in [0.4, 0.5) is 4.39 Å². The first-order valence-corrected chi connectivity index (χ1v) is 11.3. The Hall–Kier alpha value is -2.33. The van der Waals surface area contributed by atoms with Crippen molar-refractivity contribution in [2.45, 2.75) is 71.1 Å². The zero-order valence-corrected chi connectivity index (χ0v) is 17.9. The molecule has 0 spiro atoms. The van der Waals surface area contributed by atoms with Gasteiger partial charge in [0, 0.05) is 5.56 Å². The number of allylic oxidation sites excluding steroid dienone is 1. The smallest absolute Gasteiger partial charge is 0.139 e. The van der Waals surface area contributed by atoms with E-state index in [-0.39, 0.29) is 5.82 Å². The van der Waals surface area contributed by atoms with E-state index in [1.807, 2.05) is 12.1 Å². The van der Waals surface area contributed by atoms with Gasteiger partial charge >= 0.3 is 0 Å². The topological polar surface area (TPSA) is 0 Å². The van der Waals surface area contributed by atoms with E-state index in [1.54, 1.807) is 12.1 Å². The molecule has 0 aliphatic heterocycles. The van der Waals surface area contributed by atoms with Crippen LogP contribution < -0.4 is 0 Å². The minimum Gasteiger partial charge on any atom is -0.206 e. The summed E-state index contributed by atoms with van der Waals surface area (Å²) in [5.74, 6) is 7.49. The lowest BCUT2D eigenvalue weighted by Crippen LogP contribution is -2.13. The Labute approximate surface area is 176 Å². The lowest BCUT2D eigenvalue weighted by molar-refractivity contribution is 0.308. The zero-order chi connectivity index (χ0) is 20.5. The summed E-state index contributed by atoms with van der Waals surface area (Å²) < 4.78 is 14.3. The van der Waals surface area contributed by atoms with Crippen LogP contribution in [-0.4, -0.2) is 0 Å². The highest BCUT2D eigenvalue weighted by molar-refractivity contribution is 5.53. The zero-order valence-electron chi connectivity index (χ0n) is 17.9. The molecule has 0 bridgehead atoms. The lowest BCUT2D eigenvalue weighted by atomic mass is 9.77. The molecular weight excluding hydrogens is 355 g/mol. The minimum atomic E-state index is -0.253. The van der Waals surface area contributed by atoms with Crippen LogP contribution in [0.5, 0.6) is 0 Å². The van der Waals surface area contributed by atoms with Gasteiger partial charge in [-0.25, -0.2) is 4.39 Å². The summed E-state index contributed by atoms with van der Waals surface area (Å²) >= 11 is 0. The Balaban J connectivity index is 1.61. The standard InChI is InChI=1S/C28H33F/c1-3-5-6-8-24-14-20-27(28(29)21-24)19-13-23-11-17-26(18-12-23)25-15-9-22(7-4-2)10-16-25/h6,8,11-12,14,17-18,20-22,25H,3-5,7,9-10,15-16H2,1-2H3/b8-6+. The largest absolute Gasteiger partial charge is 0.206 e. The summed E-state index contributed by atoms with van der Waals surface area (Å²) in [4.78, 5) is 0. The third-order valence-electron chi connectivity index (χ3n) is 6.03. The molecule has 0 aromatic heterocycles. The molecule has 1 aliphatic carbocycles. The monoisotopic (exact) mass is 388 g/mol. The second-order valence-corrected chi connectivity index (χ2v) is 8.31. The fourth-order valence-corrected chi connectivity index (χ4v) is 4.29. The third-order valence-corrected chi connectivity index (χ3v) is 6.03. The number of unbranched alkanes of at least 4 members (excludes halogenated alkanes) is 1. The van der Waals surface area contributed by atoms with E-state index in [4.69, 9.17) is 0 Å². The maximum absolute atomic E-state index is 14.3. The highest BCUT2D eigenvalue weighted by Crippen LogP contribution is 2.37. The Bertz CT molecular complexity index is 855. The van der Waals surface area contributed by atoms with Gasteiger partial charge in [-0.15, -0.1) is 0 Å². The Kier molecular flexibility index (Phi) is 8.12. The summed E-state index contributed by atoms with van der Waals surface area (Å²) in [6.45, 7) is 4.42. The maximum atomic E-state index is 14.3. The second kappa shape index (κ2) is 11.0. The molecule has 0 atom stereocenters. The molecule has 0 amide bonds. The molecular formula is C28H33F. The van der Waals surface area contributed by atoms with Crippen molar-refractivity contribution in [2.24, 2.45) is 5.92 Å². The molecule has 3 rings (SSSR count). The van der Waals surface area contributed by atoms with Gasteiger partial charge in [0.15, 0.2) is 0 Å². The number of hydrogen-bond acceptors (Lipinski definition) is 0. The Morgan fingerprint density at radius 1 is 0.931 bits per heavy atom. The van der Waals surface area contributed by atoms with E-state index in [9.17, 15) is 4.39 Å². The van der Waals surface area contributed by atoms with Crippen molar-refractivity contribution in [1.82, 2.24) is 0 Å². The Morgan fingerprint density at radius 2 is 1.69 bits per heavy atom. The van der Waals surface area contributed by atoms with E-state index in [0.29, 0.717) is 11.5 Å². The number of rotatable bonds is 6. The fourth-order valence-electron chi connectivity index (χ4n) is 4.29. The van der Waals surface area contributed by atoms with Gasteiger partial charge in [-0.05, 0) is 79.3 Å². The number of halogens is 1. The quantitative estimate of drug-likeness (QED) is 0.438. The maximum Gasteiger partial charge on any atom is 0.139 e. The average Bonchev–Trinajstić information content (AvgIpc) is 2.75. The molecule has 0 unspecified atom stereocenters. The van der Waals surface area contributed by atoms with E-state index >= 15 is 0 Å². The molecule has 1 aliphatic rings. The second-order valence-electron chi connectivity index (χ2n) is 8.31. The van der Waals surface area contributed by atoms with Gasteiger partial charge in [0.1, 0.15) is 5.82 Å². The van der Waals surface area contributed by atoms with Gasteiger partial charge in [0.05, 0.1) is 5.56 Å². The molecule has 1 saturated carbocycles. The van der Waals surface area contributed by atoms with E-state index in [0.717, 1.165) is 29.9 Å². The summed E-state index contributed by atoms with van der Waals surface area (Å²) in [5, 5.41) is 0. The van der Waals surface area contributed by atoms with Crippen LogP contribution in [0, 0.1) is 23.6 Å². The minimum absolute atomic E-state index is 0.253. The van der Waals surface area contributed by atoms with E-state index < -0.39 is 0 Å². The lowest BCUT2D eigenvalue weighted by Gasteiger charge is -2.28. The van der Waals surface area contributed by atoms with Crippen LogP contribution in [-0.2, 0) is 0 Å². The molecule has 152 valence electrons.